The number of ether oxygens (including phenoxy) is 2. The Hall–Kier alpha value is -7.58. The van der Waals surface area contributed by atoms with E-state index in [1.165, 1.54) is 0 Å². The van der Waals surface area contributed by atoms with E-state index < -0.39 is 0 Å². The van der Waals surface area contributed by atoms with E-state index in [-0.39, 0.29) is 23.7 Å². The fourth-order valence-corrected chi connectivity index (χ4v) is 9.01. The second-order valence-corrected chi connectivity index (χ2v) is 15.9. The van der Waals surface area contributed by atoms with Gasteiger partial charge in [0.05, 0.1) is 45.6 Å². The van der Waals surface area contributed by atoms with Gasteiger partial charge >= 0.3 is 0 Å². The molecule has 2 N–H and O–H groups in total. The van der Waals surface area contributed by atoms with Crippen LogP contribution in [0.15, 0.2) is 158 Å². The molecule has 8 heteroatoms. The fourth-order valence-electron chi connectivity index (χ4n) is 9.01. The molecule has 0 saturated carbocycles. The van der Waals surface area contributed by atoms with Crippen LogP contribution in [0.1, 0.15) is 31.4 Å². The lowest BCUT2D eigenvalue weighted by atomic mass is 10.0. The summed E-state index contributed by atoms with van der Waals surface area (Å²) in [6, 6.07) is 44.8. The van der Waals surface area contributed by atoms with Crippen LogP contribution in [-0.4, -0.2) is 41.5 Å². The van der Waals surface area contributed by atoms with E-state index in [4.69, 9.17) is 9.47 Å². The monoisotopic (exact) mass is 800 g/mol. The number of hydrogen-bond acceptors (Lipinski definition) is 6. The molecule has 2 atom stereocenters. The minimum atomic E-state index is -0.278. The van der Waals surface area contributed by atoms with Crippen molar-refractivity contribution in [1.82, 2.24) is 19.1 Å². The molecule has 0 aliphatic heterocycles. The summed E-state index contributed by atoms with van der Waals surface area (Å²) in [6.45, 7) is 8.10. The van der Waals surface area contributed by atoms with Gasteiger partial charge in [0.25, 0.3) is 0 Å². The molecular weight excluding hydrogens is 757 g/mol. The third-order valence-electron chi connectivity index (χ3n) is 11.6. The highest BCUT2D eigenvalue weighted by Crippen LogP contribution is 2.45. The average Bonchev–Trinajstić information content (AvgIpc) is 3.78. The first-order valence-electron chi connectivity index (χ1n) is 20.6. The first kappa shape index (κ1) is 37.7. The van der Waals surface area contributed by atoms with E-state index >= 15 is 0 Å². The van der Waals surface area contributed by atoms with Gasteiger partial charge in [0, 0.05) is 75.0 Å². The van der Waals surface area contributed by atoms with Crippen LogP contribution in [0.2, 0.25) is 0 Å². The van der Waals surface area contributed by atoms with Crippen molar-refractivity contribution in [2.45, 2.75) is 46.3 Å². The maximum Gasteiger partial charge on any atom is 0.147 e. The topological polar surface area (TPSA) is 94.6 Å². The largest absolute Gasteiger partial charge is 0.505 e. The van der Waals surface area contributed by atoms with Gasteiger partial charge < -0.3 is 28.8 Å². The SMILES string of the molecule is Cc1cc(-c2cnccc2O[C@@H](C)C[C@H](C)Oc2ccncc2-c2cc(C)cc(-n3c4ccccc4c4ccccc43)c2O)c(O)c(-n2c3ccccc3c3ccccc32)c1. The van der Waals surface area contributed by atoms with Crippen molar-refractivity contribution in [3.63, 3.8) is 0 Å². The molecular formula is C53H44N4O4. The van der Waals surface area contributed by atoms with Gasteiger partial charge in [0.15, 0.2) is 0 Å². The molecule has 0 aliphatic carbocycles. The van der Waals surface area contributed by atoms with E-state index in [1.807, 2.05) is 113 Å². The molecule has 0 amide bonds. The molecule has 0 aliphatic rings. The molecule has 6 aromatic carbocycles. The molecule has 0 saturated heterocycles. The lowest BCUT2D eigenvalue weighted by Crippen LogP contribution is -2.23. The molecule has 4 aromatic heterocycles. The minimum Gasteiger partial charge on any atom is -0.505 e. The van der Waals surface area contributed by atoms with E-state index in [9.17, 15) is 10.2 Å². The summed E-state index contributed by atoms with van der Waals surface area (Å²) in [5, 5.41) is 28.7. The highest BCUT2D eigenvalue weighted by molar-refractivity contribution is 6.10. The Kier molecular flexibility index (Phi) is 9.40. The van der Waals surface area contributed by atoms with Gasteiger partial charge in [-0.25, -0.2) is 0 Å². The average molecular weight is 801 g/mol. The van der Waals surface area contributed by atoms with Crippen LogP contribution in [0, 0.1) is 13.8 Å². The highest BCUT2D eigenvalue weighted by atomic mass is 16.5. The molecule has 0 fully saturated rings. The molecule has 0 unspecified atom stereocenters. The fraction of sp³-hybridized carbons (Fsp3) is 0.132. The van der Waals surface area contributed by atoms with Crippen LogP contribution >= 0.6 is 0 Å². The number of rotatable bonds is 10. The minimum absolute atomic E-state index is 0.144. The number of nitrogens with zero attached hydrogens (tertiary/aromatic N) is 4. The molecule has 10 aromatic rings. The Morgan fingerprint density at radius 1 is 0.475 bits per heavy atom. The van der Waals surface area contributed by atoms with Gasteiger partial charge in [-0.2, -0.15) is 0 Å². The second-order valence-electron chi connectivity index (χ2n) is 15.9. The van der Waals surface area contributed by atoms with E-state index in [1.54, 1.807) is 24.8 Å². The number of phenols is 2. The molecule has 61 heavy (non-hydrogen) atoms. The zero-order chi connectivity index (χ0) is 41.8. The van der Waals surface area contributed by atoms with Crippen molar-refractivity contribution < 1.29 is 19.7 Å². The van der Waals surface area contributed by atoms with Gasteiger partial charge in [0.2, 0.25) is 0 Å². The van der Waals surface area contributed by atoms with Crippen molar-refractivity contribution in [2.75, 3.05) is 0 Å². The molecule has 0 spiro atoms. The third kappa shape index (κ3) is 6.57. The van der Waals surface area contributed by atoms with Crippen LogP contribution in [0.3, 0.4) is 0 Å². The van der Waals surface area contributed by atoms with Gasteiger partial charge in [-0.3, -0.25) is 9.97 Å². The summed E-state index contributed by atoms with van der Waals surface area (Å²) in [5.74, 6) is 1.50. The zero-order valence-corrected chi connectivity index (χ0v) is 34.4. The van der Waals surface area contributed by atoms with E-state index in [0.29, 0.717) is 51.5 Å². The summed E-state index contributed by atoms with van der Waals surface area (Å²) in [6.07, 6.45) is 6.89. The standard InChI is InChI=1S/C53H44N4O4/c1-32-25-40(52(58)48(27-32)56-44-17-9-5-13-36(44)37-14-6-10-18-45(37)56)42-30-54-23-21-50(42)60-34(3)29-35(4)61-51-22-24-55-31-43(51)41-26-33(2)28-49(53(41)59)57-46-19-11-7-15-38(46)39-16-8-12-20-47(39)57/h5-28,30-31,34-35,58-59H,29H2,1-4H3/t34-,35-/m0/s1. The normalized spacial score (nSPS) is 12.7. The van der Waals surface area contributed by atoms with E-state index in [2.05, 4.69) is 67.6 Å². The quantitative estimate of drug-likeness (QED) is 0.143. The number of aromatic nitrogens is 4. The first-order valence-corrected chi connectivity index (χ1v) is 20.6. The second kappa shape index (κ2) is 15.2. The van der Waals surface area contributed by atoms with Crippen molar-refractivity contribution in [3.8, 4) is 56.6 Å². The predicted octanol–water partition coefficient (Wildman–Crippen LogP) is 12.7. The Morgan fingerprint density at radius 3 is 1.18 bits per heavy atom. The predicted molar refractivity (Wildman–Crippen MR) is 246 cm³/mol. The number of benzene rings is 6. The number of phenolic OH excluding ortho intramolecular Hbond substituents is 2. The van der Waals surface area contributed by atoms with Crippen molar-refractivity contribution in [3.05, 3.63) is 169 Å². The van der Waals surface area contributed by atoms with Crippen LogP contribution in [-0.2, 0) is 0 Å². The summed E-state index contributed by atoms with van der Waals surface area (Å²) in [7, 11) is 0. The van der Waals surface area contributed by atoms with Crippen LogP contribution in [0.4, 0.5) is 0 Å². The van der Waals surface area contributed by atoms with Crippen molar-refractivity contribution in [1.29, 1.82) is 0 Å². The Balaban J connectivity index is 0.936. The number of hydrogen-bond donors (Lipinski definition) is 2. The summed E-state index contributed by atoms with van der Waals surface area (Å²) >= 11 is 0. The summed E-state index contributed by atoms with van der Waals surface area (Å²) in [4.78, 5) is 8.92. The first-order chi connectivity index (χ1) is 29.7. The third-order valence-corrected chi connectivity index (χ3v) is 11.6. The van der Waals surface area contributed by atoms with Crippen molar-refractivity contribution >= 4 is 43.6 Å². The van der Waals surface area contributed by atoms with Crippen molar-refractivity contribution in [2.24, 2.45) is 0 Å². The highest BCUT2D eigenvalue weighted by Gasteiger charge is 2.24. The molecule has 0 radical (unpaired) electrons. The zero-order valence-electron chi connectivity index (χ0n) is 34.4. The Bertz CT molecular complexity index is 2970. The van der Waals surface area contributed by atoms with Crippen LogP contribution in [0.5, 0.6) is 23.0 Å². The summed E-state index contributed by atoms with van der Waals surface area (Å²) < 4.78 is 17.6. The molecule has 300 valence electrons. The van der Waals surface area contributed by atoms with E-state index in [0.717, 1.165) is 54.7 Å². The number of aryl methyl sites for hydroxylation is 2. The number of pyridine rings is 2. The lowest BCUT2D eigenvalue weighted by molar-refractivity contribution is 0.131. The molecule has 8 nitrogen and oxygen atoms in total. The van der Waals surface area contributed by atoms with Gasteiger partial charge in [-0.05, 0) is 99.5 Å². The number of para-hydroxylation sites is 4. The van der Waals surface area contributed by atoms with Gasteiger partial charge in [-0.15, -0.1) is 0 Å². The van der Waals surface area contributed by atoms with Gasteiger partial charge in [0.1, 0.15) is 23.0 Å². The molecule has 4 heterocycles. The lowest BCUT2D eigenvalue weighted by Gasteiger charge is -2.23. The number of aromatic hydroxyl groups is 2. The number of fused-ring (bicyclic) bond motifs is 6. The van der Waals surface area contributed by atoms with Gasteiger partial charge in [-0.1, -0.05) is 72.8 Å². The van der Waals surface area contributed by atoms with Crippen LogP contribution in [0.25, 0.3) is 77.2 Å². The molecule has 0 bridgehead atoms. The Labute approximate surface area is 353 Å². The maximum atomic E-state index is 12.1. The summed E-state index contributed by atoms with van der Waals surface area (Å²) in [5.41, 5.74) is 10.1. The maximum absolute atomic E-state index is 12.1. The smallest absolute Gasteiger partial charge is 0.147 e. The van der Waals surface area contributed by atoms with Crippen LogP contribution < -0.4 is 9.47 Å². The molecule has 10 rings (SSSR count). The Morgan fingerprint density at radius 2 is 0.820 bits per heavy atom.